The standard InChI is InChI=1S/C16H16ClNO3/c1-3-20-16(19)15-11(2)18-14(17)9-13(15)21-10-12-7-5-4-6-8-12/h4-9H,3,10H2,1-2H3. The molecule has 1 heterocycles. The Morgan fingerprint density at radius 3 is 2.67 bits per heavy atom. The molecular weight excluding hydrogens is 290 g/mol. The van der Waals surface area contributed by atoms with E-state index in [9.17, 15) is 4.79 Å². The Bertz CT molecular complexity index is 629. The van der Waals surface area contributed by atoms with Crippen molar-refractivity contribution in [3.05, 3.63) is 58.4 Å². The summed E-state index contributed by atoms with van der Waals surface area (Å²) in [5, 5.41) is 0.281. The van der Waals surface area contributed by atoms with Gasteiger partial charge in [0.1, 0.15) is 23.1 Å². The Morgan fingerprint density at radius 2 is 2.00 bits per heavy atom. The molecule has 2 rings (SSSR count). The lowest BCUT2D eigenvalue weighted by Crippen LogP contribution is -2.11. The molecule has 21 heavy (non-hydrogen) atoms. The highest BCUT2D eigenvalue weighted by molar-refractivity contribution is 6.29. The maximum atomic E-state index is 12.0. The summed E-state index contributed by atoms with van der Waals surface area (Å²) in [5.74, 6) is -0.0722. The van der Waals surface area contributed by atoms with Crippen LogP contribution in [0.3, 0.4) is 0 Å². The minimum absolute atomic E-state index is 0.281. The van der Waals surface area contributed by atoms with E-state index in [0.717, 1.165) is 5.56 Å². The van der Waals surface area contributed by atoms with Crippen LogP contribution in [0.25, 0.3) is 0 Å². The van der Waals surface area contributed by atoms with E-state index in [4.69, 9.17) is 21.1 Å². The number of esters is 1. The zero-order valence-corrected chi connectivity index (χ0v) is 12.7. The monoisotopic (exact) mass is 305 g/mol. The van der Waals surface area contributed by atoms with E-state index in [1.165, 1.54) is 6.07 Å². The summed E-state index contributed by atoms with van der Waals surface area (Å²) >= 11 is 5.94. The SMILES string of the molecule is CCOC(=O)c1c(OCc2ccccc2)cc(Cl)nc1C. The maximum Gasteiger partial charge on any atom is 0.343 e. The van der Waals surface area contributed by atoms with E-state index < -0.39 is 5.97 Å². The molecule has 0 aliphatic heterocycles. The molecule has 2 aromatic rings. The van der Waals surface area contributed by atoms with Gasteiger partial charge in [0.2, 0.25) is 0 Å². The first-order chi connectivity index (χ1) is 10.1. The first-order valence-electron chi connectivity index (χ1n) is 6.62. The van der Waals surface area contributed by atoms with Crippen LogP contribution in [-0.4, -0.2) is 17.6 Å². The summed E-state index contributed by atoms with van der Waals surface area (Å²) in [7, 11) is 0. The predicted octanol–water partition coefficient (Wildman–Crippen LogP) is 3.80. The molecule has 0 aliphatic rings. The van der Waals surface area contributed by atoms with Gasteiger partial charge in [0, 0.05) is 6.07 Å². The first-order valence-corrected chi connectivity index (χ1v) is 7.00. The van der Waals surface area contributed by atoms with Gasteiger partial charge in [-0.2, -0.15) is 0 Å². The summed E-state index contributed by atoms with van der Waals surface area (Å²) in [5.41, 5.74) is 1.80. The molecule has 110 valence electrons. The lowest BCUT2D eigenvalue weighted by atomic mass is 10.2. The third-order valence-electron chi connectivity index (χ3n) is 2.85. The molecule has 1 aromatic carbocycles. The second kappa shape index (κ2) is 7.09. The van der Waals surface area contributed by atoms with E-state index in [0.29, 0.717) is 30.2 Å². The largest absolute Gasteiger partial charge is 0.488 e. The van der Waals surface area contributed by atoms with Gasteiger partial charge in [-0.05, 0) is 19.4 Å². The number of nitrogens with zero attached hydrogens (tertiary/aromatic N) is 1. The van der Waals surface area contributed by atoms with Crippen molar-refractivity contribution < 1.29 is 14.3 Å². The number of rotatable bonds is 5. The van der Waals surface area contributed by atoms with E-state index >= 15 is 0 Å². The number of benzene rings is 1. The average molecular weight is 306 g/mol. The minimum atomic E-state index is -0.456. The number of hydrogen-bond acceptors (Lipinski definition) is 4. The molecule has 0 bridgehead atoms. The van der Waals surface area contributed by atoms with Crippen LogP contribution in [0.4, 0.5) is 0 Å². The van der Waals surface area contributed by atoms with Gasteiger partial charge >= 0.3 is 5.97 Å². The smallest absolute Gasteiger partial charge is 0.343 e. The summed E-state index contributed by atoms with van der Waals surface area (Å²) in [6.45, 7) is 4.08. The summed E-state index contributed by atoms with van der Waals surface area (Å²) in [6.07, 6.45) is 0. The lowest BCUT2D eigenvalue weighted by molar-refractivity contribution is 0.0519. The Labute approximate surface area is 128 Å². The number of carbonyl (C=O) groups excluding carboxylic acids is 1. The molecule has 1 aromatic heterocycles. The van der Waals surface area contributed by atoms with Gasteiger partial charge in [0.25, 0.3) is 0 Å². The fraction of sp³-hybridized carbons (Fsp3) is 0.250. The topological polar surface area (TPSA) is 48.4 Å². The summed E-state index contributed by atoms with van der Waals surface area (Å²) in [6, 6.07) is 11.2. The molecule has 0 radical (unpaired) electrons. The van der Waals surface area contributed by atoms with Crippen LogP contribution in [0, 0.1) is 6.92 Å². The fourth-order valence-corrected chi connectivity index (χ4v) is 2.13. The number of aryl methyl sites for hydroxylation is 1. The first kappa shape index (κ1) is 15.3. The number of ether oxygens (including phenoxy) is 2. The zero-order chi connectivity index (χ0) is 15.2. The van der Waals surface area contributed by atoms with Crippen LogP contribution in [0.15, 0.2) is 36.4 Å². The molecule has 0 unspecified atom stereocenters. The van der Waals surface area contributed by atoms with Crippen LogP contribution in [0.5, 0.6) is 5.75 Å². The van der Waals surface area contributed by atoms with Gasteiger partial charge in [0.15, 0.2) is 0 Å². The van der Waals surface area contributed by atoms with E-state index in [2.05, 4.69) is 4.98 Å². The Hall–Kier alpha value is -2.07. The second-order valence-electron chi connectivity index (χ2n) is 4.40. The third-order valence-corrected chi connectivity index (χ3v) is 3.04. The van der Waals surface area contributed by atoms with Crippen molar-refractivity contribution in [1.82, 2.24) is 4.98 Å². The molecule has 0 aliphatic carbocycles. The molecule has 0 fully saturated rings. The summed E-state index contributed by atoms with van der Waals surface area (Å²) in [4.78, 5) is 16.1. The van der Waals surface area contributed by atoms with Gasteiger partial charge in [0.05, 0.1) is 12.3 Å². The maximum absolute atomic E-state index is 12.0. The zero-order valence-electron chi connectivity index (χ0n) is 11.9. The van der Waals surface area contributed by atoms with Gasteiger partial charge in [-0.1, -0.05) is 41.9 Å². The molecule has 0 spiro atoms. The number of hydrogen-bond donors (Lipinski definition) is 0. The van der Waals surface area contributed by atoms with E-state index in [-0.39, 0.29) is 5.15 Å². The Balaban J connectivity index is 2.26. The van der Waals surface area contributed by atoms with Crippen LogP contribution in [-0.2, 0) is 11.3 Å². The molecular formula is C16H16ClNO3. The van der Waals surface area contributed by atoms with Crippen LogP contribution in [0.1, 0.15) is 28.5 Å². The Morgan fingerprint density at radius 1 is 1.29 bits per heavy atom. The van der Waals surface area contributed by atoms with Crippen molar-refractivity contribution in [2.75, 3.05) is 6.61 Å². The van der Waals surface area contributed by atoms with Crippen LogP contribution < -0.4 is 4.74 Å². The predicted molar refractivity (Wildman–Crippen MR) is 80.7 cm³/mol. The van der Waals surface area contributed by atoms with Gasteiger partial charge in [-0.25, -0.2) is 9.78 Å². The Kier molecular flexibility index (Phi) is 5.17. The molecule has 0 N–H and O–H groups in total. The highest BCUT2D eigenvalue weighted by Gasteiger charge is 2.19. The van der Waals surface area contributed by atoms with Crippen molar-refractivity contribution in [3.8, 4) is 5.75 Å². The van der Waals surface area contributed by atoms with Crippen molar-refractivity contribution >= 4 is 17.6 Å². The van der Waals surface area contributed by atoms with Crippen molar-refractivity contribution in [1.29, 1.82) is 0 Å². The number of carbonyl (C=O) groups is 1. The van der Waals surface area contributed by atoms with E-state index in [1.54, 1.807) is 13.8 Å². The molecule has 0 amide bonds. The molecule has 5 heteroatoms. The van der Waals surface area contributed by atoms with Crippen molar-refractivity contribution in [3.63, 3.8) is 0 Å². The van der Waals surface area contributed by atoms with Gasteiger partial charge < -0.3 is 9.47 Å². The van der Waals surface area contributed by atoms with Gasteiger partial charge in [-0.3, -0.25) is 0 Å². The number of pyridine rings is 1. The molecule has 0 saturated carbocycles. The molecule has 0 atom stereocenters. The van der Waals surface area contributed by atoms with Crippen molar-refractivity contribution in [2.24, 2.45) is 0 Å². The highest BCUT2D eigenvalue weighted by Crippen LogP contribution is 2.26. The summed E-state index contributed by atoms with van der Waals surface area (Å²) < 4.78 is 10.8. The third kappa shape index (κ3) is 3.95. The number of aromatic nitrogens is 1. The quantitative estimate of drug-likeness (QED) is 0.623. The molecule has 0 saturated heterocycles. The van der Waals surface area contributed by atoms with Crippen LogP contribution in [0.2, 0.25) is 5.15 Å². The van der Waals surface area contributed by atoms with Crippen molar-refractivity contribution in [2.45, 2.75) is 20.5 Å². The fourth-order valence-electron chi connectivity index (χ4n) is 1.91. The highest BCUT2D eigenvalue weighted by atomic mass is 35.5. The molecule has 4 nitrogen and oxygen atoms in total. The number of halogens is 1. The minimum Gasteiger partial charge on any atom is -0.488 e. The second-order valence-corrected chi connectivity index (χ2v) is 4.79. The van der Waals surface area contributed by atoms with Gasteiger partial charge in [-0.15, -0.1) is 0 Å². The van der Waals surface area contributed by atoms with E-state index in [1.807, 2.05) is 30.3 Å². The van der Waals surface area contributed by atoms with Crippen LogP contribution >= 0.6 is 11.6 Å². The normalized spacial score (nSPS) is 10.2. The lowest BCUT2D eigenvalue weighted by Gasteiger charge is -2.13. The average Bonchev–Trinajstić information content (AvgIpc) is 2.45.